The Balaban J connectivity index is 2.33. The van der Waals surface area contributed by atoms with Crippen molar-refractivity contribution < 1.29 is 0 Å². The summed E-state index contributed by atoms with van der Waals surface area (Å²) in [6.45, 7) is 2.12. The maximum atomic E-state index is 5.90. The van der Waals surface area contributed by atoms with Crippen molar-refractivity contribution in [2.75, 3.05) is 0 Å². The maximum Gasteiger partial charge on any atom is 0.142 e. The van der Waals surface area contributed by atoms with Crippen molar-refractivity contribution in [1.82, 2.24) is 9.55 Å². The molecular weight excluding hydrogens is 196 g/mol. The van der Waals surface area contributed by atoms with Gasteiger partial charge in [0, 0.05) is 17.6 Å². The maximum absolute atomic E-state index is 5.90. The number of fused-ring (bicyclic) bond motifs is 1. The van der Waals surface area contributed by atoms with Crippen molar-refractivity contribution in [3.63, 3.8) is 0 Å². The van der Waals surface area contributed by atoms with Crippen molar-refractivity contribution in [1.29, 1.82) is 0 Å². The van der Waals surface area contributed by atoms with Gasteiger partial charge < -0.3 is 4.57 Å². The first-order valence-corrected chi connectivity index (χ1v) is 5.27. The van der Waals surface area contributed by atoms with Gasteiger partial charge in [0.25, 0.3) is 0 Å². The van der Waals surface area contributed by atoms with Gasteiger partial charge in [0.2, 0.25) is 0 Å². The van der Waals surface area contributed by atoms with Crippen LogP contribution in [-0.2, 0) is 0 Å². The molecule has 0 saturated heterocycles. The molecule has 3 rings (SSSR count). The Bertz CT molecular complexity index is 497. The largest absolute Gasteiger partial charge is 0.329 e. The molecule has 2 nitrogen and oxygen atoms in total. The van der Waals surface area contributed by atoms with Crippen molar-refractivity contribution in [2.24, 2.45) is 0 Å². The van der Waals surface area contributed by atoms with Gasteiger partial charge in [0.1, 0.15) is 10.8 Å². The molecule has 1 aliphatic rings. The third kappa shape index (κ3) is 1.14. The van der Waals surface area contributed by atoms with E-state index >= 15 is 0 Å². The summed E-state index contributed by atoms with van der Waals surface area (Å²) in [4.78, 5) is 4.39. The molecule has 0 unspecified atom stereocenters. The molecule has 2 aromatic heterocycles. The van der Waals surface area contributed by atoms with Crippen LogP contribution in [0, 0.1) is 6.92 Å². The molecule has 1 fully saturated rings. The Labute approximate surface area is 87.5 Å². The summed E-state index contributed by atoms with van der Waals surface area (Å²) >= 11 is 5.90. The third-order valence-electron chi connectivity index (χ3n) is 2.78. The number of pyridine rings is 1. The van der Waals surface area contributed by atoms with E-state index < -0.39 is 0 Å². The molecule has 0 aliphatic heterocycles. The lowest BCUT2D eigenvalue weighted by molar-refractivity contribution is 0.764. The molecule has 0 atom stereocenters. The summed E-state index contributed by atoms with van der Waals surface area (Å²) in [5.74, 6) is 0. The van der Waals surface area contributed by atoms with Gasteiger partial charge in [-0.2, -0.15) is 0 Å². The van der Waals surface area contributed by atoms with E-state index in [0.717, 1.165) is 5.65 Å². The van der Waals surface area contributed by atoms with Gasteiger partial charge >= 0.3 is 0 Å². The first kappa shape index (κ1) is 8.30. The molecule has 0 spiro atoms. The standard InChI is InChI=1S/C11H11ClN2/c1-7-6-14(8-2-3-8)11-9(7)4-5-10(12)13-11/h4-6,8H,2-3H2,1H3. The molecule has 0 aromatic carbocycles. The molecular formula is C11H11ClN2. The van der Waals surface area contributed by atoms with Crippen molar-refractivity contribution in [2.45, 2.75) is 25.8 Å². The van der Waals surface area contributed by atoms with Gasteiger partial charge in [-0.15, -0.1) is 0 Å². The van der Waals surface area contributed by atoms with E-state index in [9.17, 15) is 0 Å². The number of nitrogens with zero attached hydrogens (tertiary/aromatic N) is 2. The van der Waals surface area contributed by atoms with Gasteiger partial charge in [0.15, 0.2) is 0 Å². The third-order valence-corrected chi connectivity index (χ3v) is 2.99. The number of hydrogen-bond acceptors (Lipinski definition) is 1. The van der Waals surface area contributed by atoms with E-state index in [0.29, 0.717) is 11.2 Å². The molecule has 0 bridgehead atoms. The topological polar surface area (TPSA) is 17.8 Å². The van der Waals surface area contributed by atoms with E-state index in [2.05, 4.69) is 28.7 Å². The van der Waals surface area contributed by atoms with Gasteiger partial charge in [-0.1, -0.05) is 11.6 Å². The minimum Gasteiger partial charge on any atom is -0.329 e. The lowest BCUT2D eigenvalue weighted by Gasteiger charge is -2.00. The van der Waals surface area contributed by atoms with Crippen molar-refractivity contribution in [3.8, 4) is 0 Å². The Morgan fingerprint density at radius 1 is 1.43 bits per heavy atom. The molecule has 1 saturated carbocycles. The zero-order valence-corrected chi connectivity index (χ0v) is 8.75. The fourth-order valence-electron chi connectivity index (χ4n) is 1.90. The van der Waals surface area contributed by atoms with Gasteiger partial charge in [-0.3, -0.25) is 0 Å². The number of rotatable bonds is 1. The van der Waals surface area contributed by atoms with Crippen LogP contribution in [-0.4, -0.2) is 9.55 Å². The number of halogens is 1. The van der Waals surface area contributed by atoms with Crippen LogP contribution in [0.2, 0.25) is 5.15 Å². The minimum absolute atomic E-state index is 0.581. The van der Waals surface area contributed by atoms with Crippen molar-refractivity contribution >= 4 is 22.6 Å². The normalized spacial score (nSPS) is 16.4. The number of aromatic nitrogens is 2. The molecule has 3 heteroatoms. The highest BCUT2D eigenvalue weighted by Crippen LogP contribution is 2.38. The van der Waals surface area contributed by atoms with Gasteiger partial charge in [-0.25, -0.2) is 4.98 Å². The second kappa shape index (κ2) is 2.74. The lowest BCUT2D eigenvalue weighted by atomic mass is 10.2. The summed E-state index contributed by atoms with van der Waals surface area (Å²) < 4.78 is 2.26. The zero-order chi connectivity index (χ0) is 9.71. The molecule has 0 amide bonds. The second-order valence-electron chi connectivity index (χ2n) is 3.96. The summed E-state index contributed by atoms with van der Waals surface area (Å²) in [6, 6.07) is 4.57. The summed E-state index contributed by atoms with van der Waals surface area (Å²) in [5, 5.41) is 1.80. The summed E-state index contributed by atoms with van der Waals surface area (Å²) in [5.41, 5.74) is 2.33. The summed E-state index contributed by atoms with van der Waals surface area (Å²) in [7, 11) is 0. The monoisotopic (exact) mass is 206 g/mol. The number of hydrogen-bond donors (Lipinski definition) is 0. The smallest absolute Gasteiger partial charge is 0.142 e. The van der Waals surface area contributed by atoms with E-state index in [4.69, 9.17) is 11.6 Å². The van der Waals surface area contributed by atoms with Crippen LogP contribution in [0.25, 0.3) is 11.0 Å². The van der Waals surface area contributed by atoms with Crippen LogP contribution in [0.1, 0.15) is 24.4 Å². The summed E-state index contributed by atoms with van der Waals surface area (Å²) in [6.07, 6.45) is 4.74. The molecule has 0 radical (unpaired) electrons. The second-order valence-corrected chi connectivity index (χ2v) is 4.34. The van der Waals surface area contributed by atoms with Crippen LogP contribution < -0.4 is 0 Å². The van der Waals surface area contributed by atoms with E-state index in [1.54, 1.807) is 0 Å². The van der Waals surface area contributed by atoms with E-state index in [-0.39, 0.29) is 0 Å². The SMILES string of the molecule is Cc1cn(C2CC2)c2nc(Cl)ccc12. The van der Waals surface area contributed by atoms with Crippen molar-refractivity contribution in [3.05, 3.63) is 29.0 Å². The Morgan fingerprint density at radius 3 is 2.93 bits per heavy atom. The first-order valence-electron chi connectivity index (χ1n) is 4.89. The fourth-order valence-corrected chi connectivity index (χ4v) is 2.04. The van der Waals surface area contributed by atoms with Crippen LogP contribution in [0.4, 0.5) is 0 Å². The highest BCUT2D eigenvalue weighted by Gasteiger charge is 2.25. The Kier molecular flexibility index (Phi) is 1.62. The highest BCUT2D eigenvalue weighted by molar-refractivity contribution is 6.29. The van der Waals surface area contributed by atoms with Crippen LogP contribution in [0.15, 0.2) is 18.3 Å². The van der Waals surface area contributed by atoms with E-state index in [1.165, 1.54) is 23.8 Å². The molecule has 1 aliphatic carbocycles. The molecule has 0 N–H and O–H groups in total. The molecule has 2 heterocycles. The van der Waals surface area contributed by atoms with Gasteiger partial charge in [-0.05, 0) is 37.5 Å². The average molecular weight is 207 g/mol. The van der Waals surface area contributed by atoms with Crippen LogP contribution in [0.5, 0.6) is 0 Å². The lowest BCUT2D eigenvalue weighted by Crippen LogP contribution is -1.92. The first-order chi connectivity index (χ1) is 6.75. The molecule has 14 heavy (non-hydrogen) atoms. The average Bonchev–Trinajstić information content (AvgIpc) is 2.93. The van der Waals surface area contributed by atoms with Gasteiger partial charge in [0.05, 0.1) is 0 Å². The van der Waals surface area contributed by atoms with E-state index in [1.807, 2.05) is 6.07 Å². The highest BCUT2D eigenvalue weighted by atomic mass is 35.5. The molecule has 2 aromatic rings. The predicted molar refractivity (Wildman–Crippen MR) is 57.8 cm³/mol. The number of aryl methyl sites for hydroxylation is 1. The Morgan fingerprint density at radius 2 is 2.21 bits per heavy atom. The zero-order valence-electron chi connectivity index (χ0n) is 8.00. The minimum atomic E-state index is 0.581. The Hall–Kier alpha value is -1.02. The predicted octanol–water partition coefficient (Wildman–Crippen LogP) is 3.33. The molecule has 72 valence electrons. The van der Waals surface area contributed by atoms with Crippen LogP contribution >= 0.6 is 11.6 Å². The van der Waals surface area contributed by atoms with Crippen LogP contribution in [0.3, 0.4) is 0 Å². The quantitative estimate of drug-likeness (QED) is 0.655. The fraction of sp³-hybridized carbons (Fsp3) is 0.364.